The molecule has 0 bridgehead atoms. The Bertz CT molecular complexity index is 582. The molecule has 0 saturated heterocycles. The van der Waals surface area contributed by atoms with Crippen molar-refractivity contribution in [1.82, 2.24) is 0 Å². The largest absolute Gasteiger partial charge is 0.374 e. The van der Waals surface area contributed by atoms with Gasteiger partial charge in [0.05, 0.1) is 0 Å². The van der Waals surface area contributed by atoms with Gasteiger partial charge in [-0.1, -0.05) is 44.0 Å². The third kappa shape index (κ3) is 3.34. The minimum atomic E-state index is -0.597. The summed E-state index contributed by atoms with van der Waals surface area (Å²) in [6, 6.07) is 9.25. The summed E-state index contributed by atoms with van der Waals surface area (Å²) in [5, 5.41) is 2.86. The lowest BCUT2D eigenvalue weighted by Gasteiger charge is -2.18. The Morgan fingerprint density at radius 1 is 1.05 bits per heavy atom. The SMILES string of the molecule is CC(Nc1c(F)cccc1F)c1ccc(Br)cc1Br. The van der Waals surface area contributed by atoms with Crippen molar-refractivity contribution in [2.75, 3.05) is 5.32 Å². The Hall–Kier alpha value is -0.940. The van der Waals surface area contributed by atoms with Gasteiger partial charge in [0.15, 0.2) is 0 Å². The topological polar surface area (TPSA) is 12.0 Å². The van der Waals surface area contributed by atoms with Gasteiger partial charge in [-0.25, -0.2) is 8.78 Å². The van der Waals surface area contributed by atoms with Crippen LogP contribution in [-0.2, 0) is 0 Å². The zero-order valence-electron chi connectivity index (χ0n) is 10.1. The van der Waals surface area contributed by atoms with Crippen molar-refractivity contribution in [3.63, 3.8) is 0 Å². The maximum atomic E-state index is 13.6. The van der Waals surface area contributed by atoms with Crippen molar-refractivity contribution in [1.29, 1.82) is 0 Å². The molecule has 0 aliphatic heterocycles. The van der Waals surface area contributed by atoms with E-state index < -0.39 is 11.6 Å². The highest BCUT2D eigenvalue weighted by molar-refractivity contribution is 9.11. The van der Waals surface area contributed by atoms with Gasteiger partial charge in [-0.2, -0.15) is 0 Å². The first-order valence-electron chi connectivity index (χ1n) is 5.64. The van der Waals surface area contributed by atoms with Crippen molar-refractivity contribution in [3.05, 3.63) is 62.5 Å². The van der Waals surface area contributed by atoms with Crippen LogP contribution in [0.25, 0.3) is 0 Å². The quantitative estimate of drug-likeness (QED) is 0.712. The van der Waals surface area contributed by atoms with E-state index in [1.807, 2.05) is 25.1 Å². The van der Waals surface area contributed by atoms with E-state index in [1.165, 1.54) is 18.2 Å². The first kappa shape index (κ1) is 14.5. The molecule has 2 rings (SSSR count). The summed E-state index contributed by atoms with van der Waals surface area (Å²) in [7, 11) is 0. The van der Waals surface area contributed by atoms with Gasteiger partial charge in [0, 0.05) is 15.0 Å². The summed E-state index contributed by atoms with van der Waals surface area (Å²) >= 11 is 6.81. The van der Waals surface area contributed by atoms with E-state index in [2.05, 4.69) is 37.2 Å². The molecule has 19 heavy (non-hydrogen) atoms. The smallest absolute Gasteiger partial charge is 0.149 e. The van der Waals surface area contributed by atoms with Crippen LogP contribution in [0.3, 0.4) is 0 Å². The normalized spacial score (nSPS) is 12.3. The Balaban J connectivity index is 2.28. The van der Waals surface area contributed by atoms with Crippen molar-refractivity contribution in [2.24, 2.45) is 0 Å². The molecule has 1 nitrogen and oxygen atoms in total. The zero-order chi connectivity index (χ0) is 14.0. The molecule has 0 amide bonds. The highest BCUT2D eigenvalue weighted by Gasteiger charge is 2.14. The van der Waals surface area contributed by atoms with E-state index in [4.69, 9.17) is 0 Å². The third-order valence-electron chi connectivity index (χ3n) is 2.75. The van der Waals surface area contributed by atoms with Crippen LogP contribution in [-0.4, -0.2) is 0 Å². The number of benzene rings is 2. The van der Waals surface area contributed by atoms with E-state index in [0.29, 0.717) is 0 Å². The minimum Gasteiger partial charge on any atom is -0.374 e. The van der Waals surface area contributed by atoms with Crippen LogP contribution in [0.4, 0.5) is 14.5 Å². The van der Waals surface area contributed by atoms with Crippen molar-refractivity contribution < 1.29 is 8.78 Å². The van der Waals surface area contributed by atoms with Crippen LogP contribution >= 0.6 is 31.9 Å². The van der Waals surface area contributed by atoms with Gasteiger partial charge in [-0.3, -0.25) is 0 Å². The first-order valence-corrected chi connectivity index (χ1v) is 7.23. The fraction of sp³-hybridized carbons (Fsp3) is 0.143. The molecule has 5 heteroatoms. The molecule has 0 saturated carbocycles. The fourth-order valence-corrected chi connectivity index (χ4v) is 3.17. The minimum absolute atomic E-state index is 0.107. The number of para-hydroxylation sites is 1. The zero-order valence-corrected chi connectivity index (χ0v) is 13.2. The van der Waals surface area contributed by atoms with E-state index >= 15 is 0 Å². The van der Waals surface area contributed by atoms with Crippen molar-refractivity contribution in [3.8, 4) is 0 Å². The Labute approximate surface area is 127 Å². The lowest BCUT2D eigenvalue weighted by Crippen LogP contribution is -2.10. The predicted octanol–water partition coefficient (Wildman–Crippen LogP) is 5.66. The molecule has 0 spiro atoms. The summed E-state index contributed by atoms with van der Waals surface area (Å²) in [6.07, 6.45) is 0. The van der Waals surface area contributed by atoms with E-state index in [1.54, 1.807) is 0 Å². The molecule has 0 aromatic heterocycles. The highest BCUT2D eigenvalue weighted by Crippen LogP contribution is 2.30. The Morgan fingerprint density at radius 3 is 2.26 bits per heavy atom. The molecule has 1 unspecified atom stereocenters. The first-order chi connectivity index (χ1) is 8.99. The van der Waals surface area contributed by atoms with Crippen LogP contribution in [0.1, 0.15) is 18.5 Å². The molecule has 0 radical (unpaired) electrons. The highest BCUT2D eigenvalue weighted by atomic mass is 79.9. The van der Waals surface area contributed by atoms with Gasteiger partial charge in [0.2, 0.25) is 0 Å². The molecular weight excluding hydrogens is 380 g/mol. The molecule has 0 fully saturated rings. The van der Waals surface area contributed by atoms with Gasteiger partial charge < -0.3 is 5.32 Å². The molecule has 0 aliphatic carbocycles. The van der Waals surface area contributed by atoms with Gasteiger partial charge in [0.25, 0.3) is 0 Å². The summed E-state index contributed by atoms with van der Waals surface area (Å²) < 4.78 is 29.0. The molecule has 2 aromatic rings. The van der Waals surface area contributed by atoms with Crippen LogP contribution in [0.5, 0.6) is 0 Å². The second-order valence-electron chi connectivity index (χ2n) is 4.13. The molecule has 0 aliphatic rings. The molecule has 100 valence electrons. The number of anilines is 1. The summed E-state index contributed by atoms with van der Waals surface area (Å²) in [6.45, 7) is 1.85. The molecule has 1 atom stereocenters. The van der Waals surface area contributed by atoms with Crippen LogP contribution in [0, 0.1) is 11.6 Å². The van der Waals surface area contributed by atoms with Gasteiger partial charge in [0.1, 0.15) is 17.3 Å². The number of hydrogen-bond acceptors (Lipinski definition) is 1. The molecule has 1 N–H and O–H groups in total. The average molecular weight is 391 g/mol. The second kappa shape index (κ2) is 6.01. The summed E-state index contributed by atoms with van der Waals surface area (Å²) in [5.41, 5.74) is 0.815. The second-order valence-corrected chi connectivity index (χ2v) is 5.90. The molecular formula is C14H11Br2F2N. The molecule has 0 heterocycles. The van der Waals surface area contributed by atoms with Gasteiger partial charge in [-0.15, -0.1) is 0 Å². The maximum absolute atomic E-state index is 13.6. The van der Waals surface area contributed by atoms with E-state index in [9.17, 15) is 8.78 Å². The lowest BCUT2D eigenvalue weighted by atomic mass is 10.1. The molecule has 2 aromatic carbocycles. The Morgan fingerprint density at radius 2 is 1.68 bits per heavy atom. The summed E-state index contributed by atoms with van der Waals surface area (Å²) in [5.74, 6) is -1.19. The number of hydrogen-bond donors (Lipinski definition) is 1. The van der Waals surface area contributed by atoms with E-state index in [0.717, 1.165) is 14.5 Å². The monoisotopic (exact) mass is 389 g/mol. The van der Waals surface area contributed by atoms with Crippen LogP contribution in [0.15, 0.2) is 45.3 Å². The lowest BCUT2D eigenvalue weighted by molar-refractivity contribution is 0.584. The average Bonchev–Trinajstić information content (AvgIpc) is 2.33. The van der Waals surface area contributed by atoms with Crippen LogP contribution < -0.4 is 5.32 Å². The number of nitrogens with one attached hydrogen (secondary N) is 1. The predicted molar refractivity (Wildman–Crippen MR) is 80.2 cm³/mol. The van der Waals surface area contributed by atoms with Crippen molar-refractivity contribution in [2.45, 2.75) is 13.0 Å². The number of rotatable bonds is 3. The van der Waals surface area contributed by atoms with Gasteiger partial charge in [-0.05, 0) is 36.8 Å². The Kier molecular flexibility index (Phi) is 4.58. The van der Waals surface area contributed by atoms with Gasteiger partial charge >= 0.3 is 0 Å². The third-order valence-corrected chi connectivity index (χ3v) is 3.93. The van der Waals surface area contributed by atoms with E-state index in [-0.39, 0.29) is 11.7 Å². The van der Waals surface area contributed by atoms with Crippen LogP contribution in [0.2, 0.25) is 0 Å². The fourth-order valence-electron chi connectivity index (χ4n) is 1.78. The maximum Gasteiger partial charge on any atom is 0.149 e. The number of halogens is 4. The summed E-state index contributed by atoms with van der Waals surface area (Å²) in [4.78, 5) is 0. The standard InChI is InChI=1S/C14H11Br2F2N/c1-8(10-6-5-9(15)7-11(10)16)19-14-12(17)3-2-4-13(14)18/h2-8,19H,1H3. The van der Waals surface area contributed by atoms with Crippen molar-refractivity contribution >= 4 is 37.5 Å².